The number of rotatable bonds is 8. The Bertz CT molecular complexity index is 2070. The number of nitrogens with zero attached hydrogens (tertiary/aromatic N) is 3. The van der Waals surface area contributed by atoms with Crippen LogP contribution in [0.5, 0.6) is 0 Å². The summed E-state index contributed by atoms with van der Waals surface area (Å²) in [7, 11) is 0. The SMILES string of the molecule is CCN(CC)c1ccc([C@H]2c3sc(=O)n(CC(=O)Nc4ccc5ccccc5c4)c3SC3C(=O)N(c4ccc(Cl)cc4)C(=O)C32)cc1. The van der Waals surface area contributed by atoms with Crippen molar-refractivity contribution in [3.05, 3.63) is 116 Å². The first kappa shape index (κ1) is 31.2. The van der Waals surface area contributed by atoms with Crippen LogP contribution in [-0.4, -0.2) is 40.6 Å². The lowest BCUT2D eigenvalue weighted by molar-refractivity contribution is -0.122. The number of anilines is 3. The lowest BCUT2D eigenvalue weighted by Crippen LogP contribution is -2.33. The molecule has 11 heteroatoms. The van der Waals surface area contributed by atoms with Crippen LogP contribution in [0, 0.1) is 5.92 Å². The first-order chi connectivity index (χ1) is 22.8. The average molecular weight is 683 g/mol. The Hall–Kier alpha value is -4.38. The number of thiazole rings is 1. The van der Waals surface area contributed by atoms with E-state index in [2.05, 4.69) is 24.1 Å². The molecule has 0 radical (unpaired) electrons. The maximum absolute atomic E-state index is 14.2. The number of hydrogen-bond donors (Lipinski definition) is 1. The minimum absolute atomic E-state index is 0.224. The van der Waals surface area contributed by atoms with Gasteiger partial charge in [-0.1, -0.05) is 77.2 Å². The Labute approximate surface area is 284 Å². The third-order valence-corrected chi connectivity index (χ3v) is 11.7. The van der Waals surface area contributed by atoms with Crippen LogP contribution in [0.2, 0.25) is 5.02 Å². The van der Waals surface area contributed by atoms with Crippen molar-refractivity contribution in [1.29, 1.82) is 0 Å². The Morgan fingerprint density at radius 3 is 2.28 bits per heavy atom. The molecular weight excluding hydrogens is 652 g/mol. The molecule has 4 aromatic carbocycles. The van der Waals surface area contributed by atoms with Crippen LogP contribution < -0.4 is 20.0 Å². The number of imide groups is 1. The van der Waals surface area contributed by atoms with Gasteiger partial charge in [-0.25, -0.2) is 4.90 Å². The fraction of sp³-hybridized carbons (Fsp3) is 0.222. The highest BCUT2D eigenvalue weighted by Crippen LogP contribution is 2.54. The van der Waals surface area contributed by atoms with E-state index in [-0.39, 0.29) is 29.1 Å². The summed E-state index contributed by atoms with van der Waals surface area (Å²) >= 11 is 8.35. The standard InChI is InChI=1S/C36H31ClN4O4S2/c1-3-39(4-2)26-15-10-22(11-16-26)29-30-31(34(44)41(33(30)43)27-17-12-24(37)13-18-27)46-35-32(29)47-36(45)40(35)20-28(42)38-25-14-9-21-7-5-6-8-23(21)19-25/h5-19,29-31H,3-4,20H2,1-2H3,(H,38,42)/t29-,30?,31?/m1/s1. The minimum Gasteiger partial charge on any atom is -0.372 e. The number of fused-ring (bicyclic) bond motifs is 3. The van der Waals surface area contributed by atoms with Crippen molar-refractivity contribution in [3.63, 3.8) is 0 Å². The third-order valence-electron chi connectivity index (χ3n) is 8.85. The smallest absolute Gasteiger partial charge is 0.308 e. The lowest BCUT2D eigenvalue weighted by Gasteiger charge is -2.31. The molecule has 5 aromatic rings. The van der Waals surface area contributed by atoms with Crippen LogP contribution in [0.1, 0.15) is 30.2 Å². The van der Waals surface area contributed by atoms with Gasteiger partial charge in [0.15, 0.2) is 0 Å². The van der Waals surface area contributed by atoms with Gasteiger partial charge in [0.2, 0.25) is 17.7 Å². The van der Waals surface area contributed by atoms with Crippen molar-refractivity contribution in [2.75, 3.05) is 28.2 Å². The summed E-state index contributed by atoms with van der Waals surface area (Å²) in [6.07, 6.45) is 0. The quantitative estimate of drug-likeness (QED) is 0.177. The molecule has 1 N–H and O–H groups in total. The Morgan fingerprint density at radius 2 is 1.57 bits per heavy atom. The normalized spacial score (nSPS) is 18.7. The van der Waals surface area contributed by atoms with Crippen molar-refractivity contribution < 1.29 is 14.4 Å². The molecule has 3 heterocycles. The fourth-order valence-corrected chi connectivity index (χ4v) is 9.45. The van der Waals surface area contributed by atoms with Crippen LogP contribution in [0.3, 0.4) is 0 Å². The van der Waals surface area contributed by atoms with Gasteiger partial charge in [-0.05, 0) is 78.7 Å². The van der Waals surface area contributed by atoms with Gasteiger partial charge in [0, 0.05) is 40.3 Å². The predicted molar refractivity (Wildman–Crippen MR) is 190 cm³/mol. The summed E-state index contributed by atoms with van der Waals surface area (Å²) in [4.78, 5) is 58.9. The molecule has 0 bridgehead atoms. The zero-order valence-corrected chi connectivity index (χ0v) is 28.1. The topological polar surface area (TPSA) is 91.7 Å². The van der Waals surface area contributed by atoms with E-state index in [0.717, 1.165) is 46.4 Å². The van der Waals surface area contributed by atoms with Crippen LogP contribution in [0.4, 0.5) is 17.1 Å². The number of nitrogens with one attached hydrogen (secondary N) is 1. The third kappa shape index (κ3) is 5.64. The molecule has 47 heavy (non-hydrogen) atoms. The van der Waals surface area contributed by atoms with E-state index in [1.807, 2.05) is 66.7 Å². The number of aromatic nitrogens is 1. The predicted octanol–water partition coefficient (Wildman–Crippen LogP) is 7.00. The number of hydrogen-bond acceptors (Lipinski definition) is 7. The second-order valence-electron chi connectivity index (χ2n) is 11.5. The summed E-state index contributed by atoms with van der Waals surface area (Å²) in [5, 5.41) is 5.24. The van der Waals surface area contributed by atoms with Gasteiger partial charge in [-0.3, -0.25) is 23.7 Å². The molecule has 0 spiro atoms. The van der Waals surface area contributed by atoms with E-state index < -0.39 is 17.1 Å². The first-order valence-electron chi connectivity index (χ1n) is 15.4. The molecule has 3 amide bonds. The molecule has 7 rings (SSSR count). The van der Waals surface area contributed by atoms with Gasteiger partial charge in [0.05, 0.1) is 16.6 Å². The number of amides is 3. The summed E-state index contributed by atoms with van der Waals surface area (Å²) in [5.74, 6) is -2.30. The number of carbonyl (C=O) groups is 3. The van der Waals surface area contributed by atoms with Gasteiger partial charge in [-0.15, -0.1) is 0 Å². The number of thioether (sulfide) groups is 1. The first-order valence-corrected chi connectivity index (χ1v) is 17.5. The second kappa shape index (κ2) is 12.7. The van der Waals surface area contributed by atoms with Crippen molar-refractivity contribution in [3.8, 4) is 0 Å². The summed E-state index contributed by atoms with van der Waals surface area (Å²) in [6, 6.07) is 28.2. The summed E-state index contributed by atoms with van der Waals surface area (Å²) in [6.45, 7) is 5.66. The maximum atomic E-state index is 14.2. The van der Waals surface area contributed by atoms with E-state index in [1.165, 1.54) is 21.2 Å². The van der Waals surface area contributed by atoms with Crippen molar-refractivity contribution >= 4 is 80.3 Å². The van der Waals surface area contributed by atoms with E-state index >= 15 is 0 Å². The highest BCUT2D eigenvalue weighted by Gasteiger charge is 2.56. The highest BCUT2D eigenvalue weighted by atomic mass is 35.5. The molecule has 1 aromatic heterocycles. The largest absolute Gasteiger partial charge is 0.372 e. The number of carbonyl (C=O) groups excluding carboxylic acids is 3. The fourth-order valence-electron chi connectivity index (χ4n) is 6.55. The second-order valence-corrected chi connectivity index (χ2v) is 14.1. The Balaban J connectivity index is 1.26. The van der Waals surface area contributed by atoms with E-state index in [0.29, 0.717) is 26.3 Å². The monoisotopic (exact) mass is 682 g/mol. The molecule has 2 aliphatic heterocycles. The molecule has 0 saturated carbocycles. The Kier molecular flexibility index (Phi) is 8.42. The summed E-state index contributed by atoms with van der Waals surface area (Å²) < 4.78 is 1.44. The highest BCUT2D eigenvalue weighted by molar-refractivity contribution is 8.00. The summed E-state index contributed by atoms with van der Waals surface area (Å²) in [5.41, 5.74) is 2.96. The van der Waals surface area contributed by atoms with E-state index in [4.69, 9.17) is 11.6 Å². The van der Waals surface area contributed by atoms with Gasteiger partial charge >= 0.3 is 4.87 Å². The average Bonchev–Trinajstić information content (AvgIpc) is 3.52. The van der Waals surface area contributed by atoms with Crippen molar-refractivity contribution in [1.82, 2.24) is 4.57 Å². The van der Waals surface area contributed by atoms with Crippen LogP contribution in [-0.2, 0) is 20.9 Å². The molecule has 0 aliphatic carbocycles. The lowest BCUT2D eigenvalue weighted by atomic mass is 9.83. The molecule has 1 fully saturated rings. The molecular formula is C36H31ClN4O4S2. The molecule has 8 nitrogen and oxygen atoms in total. The van der Waals surface area contributed by atoms with E-state index in [1.54, 1.807) is 24.3 Å². The van der Waals surface area contributed by atoms with E-state index in [9.17, 15) is 19.2 Å². The molecule has 3 atom stereocenters. The molecule has 2 unspecified atom stereocenters. The zero-order valence-electron chi connectivity index (χ0n) is 25.7. The molecule has 2 aliphatic rings. The molecule has 1 saturated heterocycles. The van der Waals surface area contributed by atoms with Gasteiger partial charge in [-0.2, -0.15) is 0 Å². The Morgan fingerprint density at radius 1 is 0.872 bits per heavy atom. The zero-order chi connectivity index (χ0) is 32.8. The molecule has 238 valence electrons. The maximum Gasteiger partial charge on any atom is 0.308 e. The van der Waals surface area contributed by atoms with Gasteiger partial charge in [0.25, 0.3) is 0 Å². The van der Waals surface area contributed by atoms with Crippen LogP contribution >= 0.6 is 34.7 Å². The number of halogens is 1. The van der Waals surface area contributed by atoms with Crippen molar-refractivity contribution in [2.24, 2.45) is 5.92 Å². The number of benzene rings is 4. The van der Waals surface area contributed by atoms with Gasteiger partial charge < -0.3 is 10.2 Å². The van der Waals surface area contributed by atoms with Gasteiger partial charge in [0.1, 0.15) is 11.8 Å². The van der Waals surface area contributed by atoms with Crippen LogP contribution in [0.15, 0.2) is 101 Å². The van der Waals surface area contributed by atoms with Crippen LogP contribution in [0.25, 0.3) is 10.8 Å². The van der Waals surface area contributed by atoms with Crippen molar-refractivity contribution in [2.45, 2.75) is 36.6 Å². The minimum atomic E-state index is -0.776.